The first-order valence-electron chi connectivity index (χ1n) is 10.1. The number of carboxylic acid groups (broad SMARTS) is 2. The van der Waals surface area contributed by atoms with Gasteiger partial charge in [-0.2, -0.15) is 0 Å². The summed E-state index contributed by atoms with van der Waals surface area (Å²) in [4.78, 5) is 40.5. The van der Waals surface area contributed by atoms with Crippen LogP contribution in [0.1, 0.15) is 65.8 Å². The lowest BCUT2D eigenvalue weighted by Crippen LogP contribution is -2.27. The number of nitrogens with zero attached hydrogens (tertiary/aromatic N) is 1. The molecule has 0 bridgehead atoms. The summed E-state index contributed by atoms with van der Waals surface area (Å²) in [6.45, 7) is 6.49. The minimum Gasteiger partial charge on any atom is -0.478 e. The van der Waals surface area contributed by atoms with Gasteiger partial charge < -0.3 is 20.9 Å². The number of nitrogens with one attached hydrogen (secondary N) is 1. The predicted molar refractivity (Wildman–Crippen MR) is 116 cm³/mol. The quantitative estimate of drug-likeness (QED) is 0.441. The monoisotopic (exact) mass is 415 g/mol. The number of benzene rings is 1. The first kappa shape index (κ1) is 23.2. The van der Waals surface area contributed by atoms with Gasteiger partial charge >= 0.3 is 11.9 Å². The van der Waals surface area contributed by atoms with Gasteiger partial charge in [0.15, 0.2) is 0 Å². The van der Waals surface area contributed by atoms with Crippen molar-refractivity contribution in [1.29, 1.82) is 0 Å². The standard InChI is InChI=1S/C22H29N3O5/c1-3-5-11-25(12-6-4-2)13-14-9-7-8-10-15(14)16-17(21(27)28)19(23)24-20(26)18(16)22(29)30/h7-10H,3-6,11-13H2,1-2H3,(H,27,28)(H,29,30)(H3,23,24,26). The lowest BCUT2D eigenvalue weighted by molar-refractivity contribution is 0.0695. The van der Waals surface area contributed by atoms with Crippen molar-refractivity contribution in [2.24, 2.45) is 0 Å². The number of pyridine rings is 1. The third-order valence-corrected chi connectivity index (χ3v) is 5.01. The topological polar surface area (TPSA) is 137 Å². The number of carboxylic acids is 2. The number of H-pyrrole nitrogens is 1. The Labute approximate surface area is 175 Å². The van der Waals surface area contributed by atoms with E-state index < -0.39 is 28.6 Å². The van der Waals surface area contributed by atoms with Gasteiger partial charge in [0, 0.05) is 12.1 Å². The number of unbranched alkanes of at least 4 members (excludes halogenated alkanes) is 2. The van der Waals surface area contributed by atoms with Gasteiger partial charge in [0.25, 0.3) is 5.56 Å². The number of aromatic amines is 1. The van der Waals surface area contributed by atoms with Crippen molar-refractivity contribution in [3.63, 3.8) is 0 Å². The van der Waals surface area contributed by atoms with E-state index >= 15 is 0 Å². The number of hydrogen-bond acceptors (Lipinski definition) is 5. The Morgan fingerprint density at radius 2 is 1.57 bits per heavy atom. The van der Waals surface area contributed by atoms with Crippen LogP contribution in [0, 0.1) is 0 Å². The molecule has 0 aliphatic rings. The second-order valence-corrected chi connectivity index (χ2v) is 7.24. The van der Waals surface area contributed by atoms with Crippen LogP contribution >= 0.6 is 0 Å². The van der Waals surface area contributed by atoms with E-state index in [0.29, 0.717) is 12.1 Å². The summed E-state index contributed by atoms with van der Waals surface area (Å²) >= 11 is 0. The van der Waals surface area contributed by atoms with Crippen molar-refractivity contribution in [1.82, 2.24) is 9.88 Å². The molecule has 0 amide bonds. The number of rotatable bonds is 11. The van der Waals surface area contributed by atoms with Crippen LogP contribution in [0.5, 0.6) is 0 Å². The molecule has 1 aromatic carbocycles. The van der Waals surface area contributed by atoms with Gasteiger partial charge in [-0.1, -0.05) is 51.0 Å². The SMILES string of the molecule is CCCCN(CCCC)Cc1ccccc1-c1c(C(=O)O)c(N)[nH]c(=O)c1C(=O)O. The molecule has 8 nitrogen and oxygen atoms in total. The number of nitrogen functional groups attached to an aromatic ring is 1. The molecule has 0 saturated heterocycles. The maximum absolute atomic E-state index is 12.3. The van der Waals surface area contributed by atoms with E-state index in [0.717, 1.165) is 44.3 Å². The molecule has 2 aromatic rings. The first-order valence-corrected chi connectivity index (χ1v) is 10.1. The van der Waals surface area contributed by atoms with Crippen molar-refractivity contribution < 1.29 is 19.8 Å². The van der Waals surface area contributed by atoms with Crippen molar-refractivity contribution in [2.75, 3.05) is 18.8 Å². The van der Waals surface area contributed by atoms with Gasteiger partial charge in [0.1, 0.15) is 16.9 Å². The van der Waals surface area contributed by atoms with Gasteiger partial charge in [-0.05, 0) is 37.1 Å². The van der Waals surface area contributed by atoms with Crippen molar-refractivity contribution in [3.8, 4) is 11.1 Å². The summed E-state index contributed by atoms with van der Waals surface area (Å²) in [5.74, 6) is -3.27. The van der Waals surface area contributed by atoms with Gasteiger partial charge in [0.05, 0.1) is 0 Å². The highest BCUT2D eigenvalue weighted by molar-refractivity contribution is 6.07. The van der Waals surface area contributed by atoms with Gasteiger partial charge in [-0.25, -0.2) is 9.59 Å². The molecule has 162 valence electrons. The largest absolute Gasteiger partial charge is 0.478 e. The van der Waals surface area contributed by atoms with Gasteiger partial charge in [-0.3, -0.25) is 9.69 Å². The van der Waals surface area contributed by atoms with Crippen LogP contribution in [0.2, 0.25) is 0 Å². The lowest BCUT2D eigenvalue weighted by Gasteiger charge is -2.24. The molecule has 0 aliphatic carbocycles. The minimum absolute atomic E-state index is 0.155. The number of aromatic carboxylic acids is 2. The molecule has 0 aliphatic heterocycles. The summed E-state index contributed by atoms with van der Waals surface area (Å²) in [6, 6.07) is 6.97. The number of anilines is 1. The van der Waals surface area contributed by atoms with Crippen LogP contribution in [0.15, 0.2) is 29.1 Å². The van der Waals surface area contributed by atoms with E-state index in [9.17, 15) is 24.6 Å². The van der Waals surface area contributed by atoms with E-state index in [-0.39, 0.29) is 11.4 Å². The molecule has 0 spiro atoms. The molecule has 2 rings (SSSR count). The van der Waals surface area contributed by atoms with Gasteiger partial charge in [-0.15, -0.1) is 0 Å². The Kier molecular flexibility index (Phi) is 8.17. The summed E-state index contributed by atoms with van der Waals surface area (Å²) in [5, 5.41) is 19.4. The molecule has 0 atom stereocenters. The Morgan fingerprint density at radius 1 is 1.00 bits per heavy atom. The van der Waals surface area contributed by atoms with Crippen molar-refractivity contribution in [3.05, 3.63) is 51.3 Å². The van der Waals surface area contributed by atoms with Crippen LogP contribution in [0.25, 0.3) is 11.1 Å². The second-order valence-electron chi connectivity index (χ2n) is 7.24. The zero-order chi connectivity index (χ0) is 22.3. The summed E-state index contributed by atoms with van der Waals surface area (Å²) in [6.07, 6.45) is 4.12. The Balaban J connectivity index is 2.67. The lowest BCUT2D eigenvalue weighted by atomic mass is 9.91. The number of aromatic nitrogens is 1. The molecule has 0 saturated carbocycles. The van der Waals surface area contributed by atoms with Crippen LogP contribution < -0.4 is 11.3 Å². The van der Waals surface area contributed by atoms with Crippen LogP contribution in [0.3, 0.4) is 0 Å². The molecule has 5 N–H and O–H groups in total. The van der Waals surface area contributed by atoms with Crippen LogP contribution in [-0.4, -0.2) is 45.1 Å². The molecule has 0 fully saturated rings. The van der Waals surface area contributed by atoms with E-state index in [1.165, 1.54) is 0 Å². The van der Waals surface area contributed by atoms with Crippen LogP contribution in [0.4, 0.5) is 5.82 Å². The number of hydrogen-bond donors (Lipinski definition) is 4. The zero-order valence-electron chi connectivity index (χ0n) is 17.4. The molecular weight excluding hydrogens is 386 g/mol. The van der Waals surface area contributed by atoms with E-state index in [4.69, 9.17) is 5.73 Å². The maximum Gasteiger partial charge on any atom is 0.342 e. The third kappa shape index (κ3) is 5.27. The fourth-order valence-corrected chi connectivity index (χ4v) is 3.49. The van der Waals surface area contributed by atoms with E-state index in [1.54, 1.807) is 12.1 Å². The predicted octanol–water partition coefficient (Wildman–Crippen LogP) is 3.42. The second kappa shape index (κ2) is 10.6. The van der Waals surface area contributed by atoms with Gasteiger partial charge in [0.2, 0.25) is 0 Å². The molecular formula is C22H29N3O5. The average molecular weight is 415 g/mol. The Hall–Kier alpha value is -3.13. The first-order chi connectivity index (χ1) is 14.3. The summed E-state index contributed by atoms with van der Waals surface area (Å²) < 4.78 is 0. The van der Waals surface area contributed by atoms with E-state index in [2.05, 4.69) is 23.7 Å². The normalized spacial score (nSPS) is 11.0. The molecule has 0 radical (unpaired) electrons. The average Bonchev–Trinajstić information content (AvgIpc) is 2.69. The fourth-order valence-electron chi connectivity index (χ4n) is 3.49. The molecule has 8 heteroatoms. The molecule has 0 unspecified atom stereocenters. The Bertz CT molecular complexity index is 960. The third-order valence-electron chi connectivity index (χ3n) is 5.01. The highest BCUT2D eigenvalue weighted by Crippen LogP contribution is 2.32. The number of nitrogens with two attached hydrogens (primary N) is 1. The molecule has 1 aromatic heterocycles. The van der Waals surface area contributed by atoms with E-state index in [1.807, 2.05) is 12.1 Å². The molecule has 1 heterocycles. The van der Waals surface area contributed by atoms with Crippen molar-refractivity contribution >= 4 is 17.8 Å². The minimum atomic E-state index is -1.50. The Morgan fingerprint density at radius 3 is 2.10 bits per heavy atom. The van der Waals surface area contributed by atoms with Crippen LogP contribution in [-0.2, 0) is 6.54 Å². The zero-order valence-corrected chi connectivity index (χ0v) is 17.4. The van der Waals surface area contributed by atoms with Crippen molar-refractivity contribution in [2.45, 2.75) is 46.1 Å². The molecule has 30 heavy (non-hydrogen) atoms. The summed E-state index contributed by atoms with van der Waals surface area (Å²) in [7, 11) is 0. The highest BCUT2D eigenvalue weighted by Gasteiger charge is 2.28. The fraction of sp³-hybridized carbons (Fsp3) is 0.409. The highest BCUT2D eigenvalue weighted by atomic mass is 16.4. The maximum atomic E-state index is 12.3. The smallest absolute Gasteiger partial charge is 0.342 e. The summed E-state index contributed by atoms with van der Waals surface area (Å²) in [5.41, 5.74) is 4.80. The number of carbonyl (C=O) groups is 2.